The number of benzene rings is 2. The van der Waals surface area contributed by atoms with Gasteiger partial charge in [-0.1, -0.05) is 62.3 Å². The molecular formula is C22H25ClFN3OS. The van der Waals surface area contributed by atoms with Crippen LogP contribution in [0.3, 0.4) is 0 Å². The minimum Gasteiger partial charge on any atom is -0.486 e. The molecule has 0 bridgehead atoms. The van der Waals surface area contributed by atoms with E-state index in [-0.39, 0.29) is 5.82 Å². The Morgan fingerprint density at radius 2 is 1.90 bits per heavy atom. The molecular weight excluding hydrogens is 409 g/mol. The number of hydrogen-bond acceptors (Lipinski definition) is 4. The van der Waals surface area contributed by atoms with Crippen molar-refractivity contribution in [2.75, 3.05) is 0 Å². The molecule has 3 rings (SSSR count). The molecule has 154 valence electrons. The molecule has 0 saturated carbocycles. The van der Waals surface area contributed by atoms with E-state index in [0.717, 1.165) is 29.7 Å². The zero-order valence-corrected chi connectivity index (χ0v) is 18.4. The normalized spacial score (nSPS) is 11.2. The van der Waals surface area contributed by atoms with Crippen LogP contribution in [0.15, 0.2) is 47.6 Å². The quantitative estimate of drug-likeness (QED) is 0.379. The summed E-state index contributed by atoms with van der Waals surface area (Å²) < 4.78 is 22.0. The first-order valence-corrected chi connectivity index (χ1v) is 11.0. The number of rotatable bonds is 9. The topological polar surface area (TPSA) is 39.9 Å². The zero-order chi connectivity index (χ0) is 20.8. The van der Waals surface area contributed by atoms with Gasteiger partial charge in [0.1, 0.15) is 18.2 Å². The molecule has 0 N–H and O–H groups in total. The first-order valence-electron chi connectivity index (χ1n) is 9.67. The van der Waals surface area contributed by atoms with Crippen molar-refractivity contribution in [2.24, 2.45) is 5.92 Å². The van der Waals surface area contributed by atoms with Gasteiger partial charge in [-0.05, 0) is 42.2 Å². The highest BCUT2D eigenvalue weighted by molar-refractivity contribution is 7.98. The number of aromatic nitrogens is 3. The molecule has 0 atom stereocenters. The summed E-state index contributed by atoms with van der Waals surface area (Å²) in [6, 6.07) is 12.8. The maximum atomic E-state index is 14.1. The highest BCUT2D eigenvalue weighted by atomic mass is 35.5. The highest BCUT2D eigenvalue weighted by Crippen LogP contribution is 2.28. The Bertz CT molecular complexity index is 923. The van der Waals surface area contributed by atoms with Crippen LogP contribution in [0.4, 0.5) is 4.39 Å². The van der Waals surface area contributed by atoms with Gasteiger partial charge in [0.15, 0.2) is 11.0 Å². The van der Waals surface area contributed by atoms with Gasteiger partial charge >= 0.3 is 0 Å². The third-order valence-electron chi connectivity index (χ3n) is 4.45. The average Bonchev–Trinajstić information content (AvgIpc) is 3.07. The smallest absolute Gasteiger partial charge is 0.191 e. The van der Waals surface area contributed by atoms with Gasteiger partial charge in [0.25, 0.3) is 0 Å². The number of halogens is 2. The fraction of sp³-hybridized carbons (Fsp3) is 0.364. The lowest BCUT2D eigenvalue weighted by Crippen LogP contribution is -2.12. The van der Waals surface area contributed by atoms with Gasteiger partial charge in [0.05, 0.1) is 0 Å². The van der Waals surface area contributed by atoms with Crippen molar-refractivity contribution < 1.29 is 9.13 Å². The third-order valence-corrected chi connectivity index (χ3v) is 5.80. The van der Waals surface area contributed by atoms with Crippen LogP contribution >= 0.6 is 23.4 Å². The Kier molecular flexibility index (Phi) is 7.56. The molecule has 0 spiro atoms. The van der Waals surface area contributed by atoms with Gasteiger partial charge < -0.3 is 9.30 Å². The van der Waals surface area contributed by atoms with Crippen molar-refractivity contribution in [3.05, 3.63) is 70.3 Å². The zero-order valence-electron chi connectivity index (χ0n) is 16.9. The molecule has 0 saturated heterocycles. The molecule has 1 heterocycles. The lowest BCUT2D eigenvalue weighted by atomic mass is 10.2. The summed E-state index contributed by atoms with van der Waals surface area (Å²) >= 11 is 7.58. The van der Waals surface area contributed by atoms with E-state index < -0.39 is 0 Å². The first kappa shape index (κ1) is 21.7. The molecule has 0 unspecified atom stereocenters. The summed E-state index contributed by atoms with van der Waals surface area (Å²) in [6.45, 7) is 7.48. The molecule has 0 radical (unpaired) electrons. The molecule has 29 heavy (non-hydrogen) atoms. The number of nitrogens with zero attached hydrogens (tertiary/aromatic N) is 3. The van der Waals surface area contributed by atoms with Gasteiger partial charge in [-0.15, -0.1) is 10.2 Å². The fourth-order valence-electron chi connectivity index (χ4n) is 2.86. The molecule has 0 amide bonds. The van der Waals surface area contributed by atoms with Crippen molar-refractivity contribution in [1.29, 1.82) is 0 Å². The van der Waals surface area contributed by atoms with E-state index in [1.807, 2.05) is 16.7 Å². The van der Waals surface area contributed by atoms with E-state index in [4.69, 9.17) is 16.3 Å². The molecule has 4 nitrogen and oxygen atoms in total. The second-order valence-corrected chi connectivity index (χ2v) is 8.53. The van der Waals surface area contributed by atoms with E-state index in [9.17, 15) is 4.39 Å². The van der Waals surface area contributed by atoms with Gasteiger partial charge in [-0.25, -0.2) is 4.39 Å². The van der Waals surface area contributed by atoms with Crippen LogP contribution in [0.2, 0.25) is 5.02 Å². The van der Waals surface area contributed by atoms with Gasteiger partial charge in [-0.3, -0.25) is 0 Å². The van der Waals surface area contributed by atoms with Crippen molar-refractivity contribution in [2.45, 2.75) is 51.3 Å². The predicted molar refractivity (Wildman–Crippen MR) is 116 cm³/mol. The highest BCUT2D eigenvalue weighted by Gasteiger charge is 2.16. The third kappa shape index (κ3) is 5.73. The second-order valence-electron chi connectivity index (χ2n) is 7.18. The monoisotopic (exact) mass is 433 g/mol. The standard InChI is InChI=1S/C22H25ClFN3OS/c1-4-16-8-10-17(11-9-16)28-13-21-25-26-22(27(21)12-15(2)3)29-14-18-19(23)6-5-7-20(18)24/h5-11,15H,4,12-14H2,1-3H3. The molecule has 0 fully saturated rings. The molecule has 3 aromatic rings. The summed E-state index contributed by atoms with van der Waals surface area (Å²) in [5, 5.41) is 9.79. The van der Waals surface area contributed by atoms with Crippen molar-refractivity contribution >= 4 is 23.4 Å². The van der Waals surface area contributed by atoms with Crippen LogP contribution in [-0.2, 0) is 25.3 Å². The average molecular weight is 434 g/mol. The van der Waals surface area contributed by atoms with Crippen LogP contribution in [0, 0.1) is 11.7 Å². The number of thioether (sulfide) groups is 1. The van der Waals surface area contributed by atoms with Crippen LogP contribution in [0.1, 0.15) is 37.7 Å². The fourth-order valence-corrected chi connectivity index (χ4v) is 4.17. The second kappa shape index (κ2) is 10.1. The van der Waals surface area contributed by atoms with E-state index in [1.165, 1.54) is 23.4 Å². The van der Waals surface area contributed by atoms with Crippen molar-refractivity contribution in [3.63, 3.8) is 0 Å². The SMILES string of the molecule is CCc1ccc(OCc2nnc(SCc3c(F)cccc3Cl)n2CC(C)C)cc1. The molecule has 1 aromatic heterocycles. The summed E-state index contributed by atoms with van der Waals surface area (Å²) in [4.78, 5) is 0. The largest absolute Gasteiger partial charge is 0.486 e. The maximum Gasteiger partial charge on any atom is 0.191 e. The molecule has 0 aliphatic heterocycles. The van der Waals surface area contributed by atoms with Crippen molar-refractivity contribution in [3.8, 4) is 5.75 Å². The van der Waals surface area contributed by atoms with Gasteiger partial charge in [0.2, 0.25) is 0 Å². The molecule has 7 heteroatoms. The molecule has 0 aliphatic carbocycles. The Labute approximate surface area is 180 Å². The van der Waals surface area contributed by atoms with Crippen LogP contribution in [-0.4, -0.2) is 14.8 Å². The van der Waals surface area contributed by atoms with E-state index >= 15 is 0 Å². The lowest BCUT2D eigenvalue weighted by molar-refractivity contribution is 0.284. The van der Waals surface area contributed by atoms with Crippen molar-refractivity contribution in [1.82, 2.24) is 14.8 Å². The van der Waals surface area contributed by atoms with Crippen LogP contribution in [0.25, 0.3) is 0 Å². The van der Waals surface area contributed by atoms with Gasteiger partial charge in [0, 0.05) is 22.9 Å². The number of hydrogen-bond donors (Lipinski definition) is 0. The number of aryl methyl sites for hydroxylation is 1. The maximum absolute atomic E-state index is 14.1. The van der Waals surface area contributed by atoms with E-state index in [0.29, 0.717) is 28.9 Å². The predicted octanol–water partition coefficient (Wildman–Crippen LogP) is 6.16. The van der Waals surface area contributed by atoms with E-state index in [1.54, 1.807) is 12.1 Å². The first-order chi connectivity index (χ1) is 14.0. The Morgan fingerprint density at radius 1 is 1.14 bits per heavy atom. The minimum absolute atomic E-state index is 0.306. The Hall–Kier alpha value is -2.05. The lowest BCUT2D eigenvalue weighted by Gasteiger charge is -2.13. The van der Waals surface area contributed by atoms with Crippen LogP contribution in [0.5, 0.6) is 5.75 Å². The van der Waals surface area contributed by atoms with E-state index in [2.05, 4.69) is 43.1 Å². The summed E-state index contributed by atoms with van der Waals surface area (Å²) in [5.74, 6) is 2.04. The number of ether oxygens (including phenoxy) is 1. The molecule has 0 aliphatic rings. The molecule has 2 aromatic carbocycles. The Morgan fingerprint density at radius 3 is 2.55 bits per heavy atom. The Balaban J connectivity index is 1.73. The van der Waals surface area contributed by atoms with Gasteiger partial charge in [-0.2, -0.15) is 0 Å². The minimum atomic E-state index is -0.306. The summed E-state index contributed by atoms with van der Waals surface area (Å²) in [5.41, 5.74) is 1.75. The summed E-state index contributed by atoms with van der Waals surface area (Å²) in [6.07, 6.45) is 0.996. The summed E-state index contributed by atoms with van der Waals surface area (Å²) in [7, 11) is 0. The van der Waals surface area contributed by atoms with Crippen LogP contribution < -0.4 is 4.74 Å².